The zero-order chi connectivity index (χ0) is 13.5. The lowest BCUT2D eigenvalue weighted by molar-refractivity contribution is 0.221. The molecule has 18 heavy (non-hydrogen) atoms. The summed E-state index contributed by atoms with van der Waals surface area (Å²) in [4.78, 5) is 2.04. The molecule has 1 aromatic carbocycles. The van der Waals surface area contributed by atoms with Gasteiger partial charge >= 0.3 is 0 Å². The Kier molecular flexibility index (Phi) is 6.69. The maximum absolute atomic E-state index is 8.86. The van der Waals surface area contributed by atoms with Gasteiger partial charge in [-0.1, -0.05) is 38.1 Å². The van der Waals surface area contributed by atoms with E-state index in [-0.39, 0.29) is 12.0 Å². The van der Waals surface area contributed by atoms with E-state index < -0.39 is 0 Å². The van der Waals surface area contributed by atoms with Gasteiger partial charge in [0.05, 0.1) is 12.0 Å². The minimum atomic E-state index is -0.0208. The molecule has 0 saturated carbocycles. The Bertz CT molecular complexity index is 339. The van der Waals surface area contributed by atoms with Gasteiger partial charge in [-0.3, -0.25) is 0 Å². The highest BCUT2D eigenvalue weighted by molar-refractivity contribution is 6.21. The number of hydrogen-bond donors (Lipinski definition) is 1. The van der Waals surface area contributed by atoms with Crippen LogP contribution < -0.4 is 0 Å². The smallest absolute Gasteiger partial charge is 0.0712 e. The molecule has 2 unspecified atom stereocenters. The summed E-state index contributed by atoms with van der Waals surface area (Å²) >= 11 is 6.38. The molecule has 3 heteroatoms. The van der Waals surface area contributed by atoms with Crippen molar-refractivity contribution in [3.8, 4) is 0 Å². The van der Waals surface area contributed by atoms with Crippen molar-refractivity contribution < 1.29 is 5.11 Å². The monoisotopic (exact) mass is 269 g/mol. The van der Waals surface area contributed by atoms with Crippen molar-refractivity contribution in [3.05, 3.63) is 35.4 Å². The molecular formula is C15H24ClNO. The predicted molar refractivity (Wildman–Crippen MR) is 78.3 cm³/mol. The molecule has 0 heterocycles. The van der Waals surface area contributed by atoms with Crippen LogP contribution in [0.4, 0.5) is 0 Å². The van der Waals surface area contributed by atoms with Crippen molar-refractivity contribution in [1.82, 2.24) is 4.90 Å². The predicted octanol–water partition coefficient (Wildman–Crippen LogP) is 3.40. The summed E-state index contributed by atoms with van der Waals surface area (Å²) in [6.45, 7) is 6.03. The second-order valence-corrected chi connectivity index (χ2v) is 5.46. The van der Waals surface area contributed by atoms with Gasteiger partial charge in [0.25, 0.3) is 0 Å². The van der Waals surface area contributed by atoms with Crippen LogP contribution in [0.5, 0.6) is 0 Å². The molecule has 2 nitrogen and oxygen atoms in total. The molecule has 2 atom stereocenters. The van der Waals surface area contributed by atoms with Gasteiger partial charge in [-0.05, 0) is 30.5 Å². The summed E-state index contributed by atoms with van der Waals surface area (Å²) in [5.41, 5.74) is 2.52. The summed E-state index contributed by atoms with van der Waals surface area (Å²) in [5, 5.41) is 8.84. The molecule has 0 spiro atoms. The van der Waals surface area contributed by atoms with Crippen LogP contribution in [0.15, 0.2) is 24.3 Å². The fourth-order valence-corrected chi connectivity index (χ4v) is 2.29. The molecule has 0 aromatic heterocycles. The van der Waals surface area contributed by atoms with E-state index in [0.717, 1.165) is 18.5 Å². The minimum Gasteiger partial charge on any atom is -0.395 e. The fraction of sp³-hybridized carbons (Fsp3) is 0.600. The third-order valence-corrected chi connectivity index (χ3v) is 3.82. The van der Waals surface area contributed by atoms with E-state index in [1.54, 1.807) is 0 Å². The van der Waals surface area contributed by atoms with E-state index in [1.165, 1.54) is 5.56 Å². The van der Waals surface area contributed by atoms with E-state index in [4.69, 9.17) is 16.7 Å². The fourth-order valence-electron chi connectivity index (χ4n) is 1.91. The first-order valence-corrected chi connectivity index (χ1v) is 7.05. The van der Waals surface area contributed by atoms with Gasteiger partial charge in [0, 0.05) is 13.1 Å². The molecule has 0 aliphatic rings. The Balaban J connectivity index is 2.61. The van der Waals surface area contributed by atoms with Gasteiger partial charge in [-0.2, -0.15) is 0 Å². The number of halogens is 1. The standard InChI is InChI=1S/C15H24ClNO/c1-4-12(2)13-5-7-14(8-6-13)15(16)11-17(3)9-10-18/h5-8,12,15,18H,4,9-11H2,1-3H3. The molecule has 1 aromatic rings. The maximum Gasteiger partial charge on any atom is 0.0712 e. The molecule has 0 fully saturated rings. The van der Waals surface area contributed by atoms with Gasteiger partial charge < -0.3 is 10.0 Å². The van der Waals surface area contributed by atoms with Crippen LogP contribution in [0.1, 0.15) is 42.7 Å². The van der Waals surface area contributed by atoms with Crippen LogP contribution in [0, 0.1) is 0 Å². The van der Waals surface area contributed by atoms with E-state index in [9.17, 15) is 0 Å². The number of nitrogens with zero attached hydrogens (tertiary/aromatic N) is 1. The quantitative estimate of drug-likeness (QED) is 0.767. The Morgan fingerprint density at radius 2 is 1.78 bits per heavy atom. The Hall–Kier alpha value is -0.570. The van der Waals surface area contributed by atoms with Crippen molar-refractivity contribution in [1.29, 1.82) is 0 Å². The van der Waals surface area contributed by atoms with Crippen LogP contribution in [-0.2, 0) is 0 Å². The summed E-state index contributed by atoms with van der Waals surface area (Å²) in [5.74, 6) is 0.602. The number of likely N-dealkylation sites (N-methyl/N-ethyl adjacent to an activating group) is 1. The van der Waals surface area contributed by atoms with Crippen LogP contribution in [0.25, 0.3) is 0 Å². The third-order valence-electron chi connectivity index (χ3n) is 3.43. The van der Waals surface area contributed by atoms with E-state index >= 15 is 0 Å². The van der Waals surface area contributed by atoms with Gasteiger partial charge in [-0.15, -0.1) is 11.6 Å². The average Bonchev–Trinajstić information content (AvgIpc) is 2.38. The van der Waals surface area contributed by atoms with Gasteiger partial charge in [-0.25, -0.2) is 0 Å². The first-order chi connectivity index (χ1) is 8.58. The van der Waals surface area contributed by atoms with Crippen LogP contribution in [0.2, 0.25) is 0 Å². The van der Waals surface area contributed by atoms with Crippen molar-refractivity contribution >= 4 is 11.6 Å². The number of aliphatic hydroxyl groups is 1. The van der Waals surface area contributed by atoms with Crippen LogP contribution in [0.3, 0.4) is 0 Å². The van der Waals surface area contributed by atoms with Crippen molar-refractivity contribution in [2.24, 2.45) is 0 Å². The molecule has 102 valence electrons. The summed E-state index contributed by atoms with van der Waals surface area (Å²) in [7, 11) is 1.97. The van der Waals surface area contributed by atoms with Crippen molar-refractivity contribution in [2.45, 2.75) is 31.6 Å². The maximum atomic E-state index is 8.86. The highest BCUT2D eigenvalue weighted by Gasteiger charge is 2.11. The normalized spacial score (nSPS) is 14.8. The molecule has 0 aliphatic carbocycles. The Labute approximate surface area is 116 Å². The Morgan fingerprint density at radius 1 is 1.22 bits per heavy atom. The molecule has 1 rings (SSSR count). The molecule has 1 N–H and O–H groups in total. The summed E-state index contributed by atoms with van der Waals surface area (Å²) in [6.07, 6.45) is 1.16. The minimum absolute atomic E-state index is 0.0208. The van der Waals surface area contributed by atoms with Crippen molar-refractivity contribution in [2.75, 3.05) is 26.7 Å². The summed E-state index contributed by atoms with van der Waals surface area (Å²) in [6, 6.07) is 8.58. The lowest BCUT2D eigenvalue weighted by Crippen LogP contribution is -2.25. The number of benzene rings is 1. The topological polar surface area (TPSA) is 23.5 Å². The third kappa shape index (κ3) is 4.60. The first kappa shape index (κ1) is 15.5. The van der Waals surface area contributed by atoms with Gasteiger partial charge in [0.1, 0.15) is 0 Å². The number of rotatable bonds is 7. The lowest BCUT2D eigenvalue weighted by Gasteiger charge is -2.19. The number of aliphatic hydroxyl groups excluding tert-OH is 1. The second-order valence-electron chi connectivity index (χ2n) is 4.93. The Morgan fingerprint density at radius 3 is 2.28 bits per heavy atom. The lowest BCUT2D eigenvalue weighted by atomic mass is 9.97. The average molecular weight is 270 g/mol. The van der Waals surface area contributed by atoms with Crippen LogP contribution in [-0.4, -0.2) is 36.8 Å². The molecular weight excluding hydrogens is 246 g/mol. The van der Waals surface area contributed by atoms with Crippen molar-refractivity contribution in [3.63, 3.8) is 0 Å². The zero-order valence-corrected chi connectivity index (χ0v) is 12.3. The zero-order valence-electron chi connectivity index (χ0n) is 11.6. The molecule has 0 saturated heterocycles. The molecule has 0 bridgehead atoms. The number of alkyl halides is 1. The molecule has 0 radical (unpaired) electrons. The second kappa shape index (κ2) is 7.78. The van der Waals surface area contributed by atoms with Gasteiger partial charge in [0.15, 0.2) is 0 Å². The molecule has 0 aliphatic heterocycles. The highest BCUT2D eigenvalue weighted by Crippen LogP contribution is 2.24. The molecule has 0 amide bonds. The van der Waals surface area contributed by atoms with E-state index in [1.807, 2.05) is 11.9 Å². The van der Waals surface area contributed by atoms with E-state index in [0.29, 0.717) is 12.5 Å². The first-order valence-electron chi connectivity index (χ1n) is 6.61. The van der Waals surface area contributed by atoms with Crippen LogP contribution >= 0.6 is 11.6 Å². The SMILES string of the molecule is CCC(C)c1ccc(C(Cl)CN(C)CCO)cc1. The summed E-state index contributed by atoms with van der Waals surface area (Å²) < 4.78 is 0. The number of hydrogen-bond acceptors (Lipinski definition) is 2. The highest BCUT2D eigenvalue weighted by atomic mass is 35.5. The largest absolute Gasteiger partial charge is 0.395 e. The van der Waals surface area contributed by atoms with E-state index in [2.05, 4.69) is 38.1 Å². The van der Waals surface area contributed by atoms with Gasteiger partial charge in [0.2, 0.25) is 0 Å².